The van der Waals surface area contributed by atoms with E-state index in [1.54, 1.807) is 32.9 Å². The largest absolute Gasteiger partial charge is 0.469 e. The molecule has 0 unspecified atom stereocenters. The second-order valence-electron chi connectivity index (χ2n) is 13.7. The van der Waals surface area contributed by atoms with E-state index in [9.17, 15) is 27.6 Å². The maximum Gasteiger partial charge on any atom is 0.312 e. The van der Waals surface area contributed by atoms with Crippen LogP contribution >= 0.6 is 15.9 Å². The molecule has 1 heterocycles. The molecule has 12 heteroatoms. The van der Waals surface area contributed by atoms with E-state index in [1.807, 2.05) is 27.7 Å². The number of amides is 1. The van der Waals surface area contributed by atoms with Crippen molar-refractivity contribution in [1.29, 1.82) is 0 Å². The third kappa shape index (κ3) is 8.45. The number of methoxy groups -OCH3 is 1. The lowest BCUT2D eigenvalue weighted by atomic mass is 9.77. The van der Waals surface area contributed by atoms with Crippen LogP contribution in [0.1, 0.15) is 80.6 Å². The van der Waals surface area contributed by atoms with Crippen molar-refractivity contribution in [2.24, 2.45) is 22.7 Å². The van der Waals surface area contributed by atoms with E-state index in [0.29, 0.717) is 17.3 Å². The van der Waals surface area contributed by atoms with Crippen LogP contribution in [-0.4, -0.2) is 68.3 Å². The molecule has 0 bridgehead atoms. The van der Waals surface area contributed by atoms with Gasteiger partial charge < -0.3 is 14.4 Å². The van der Waals surface area contributed by atoms with Crippen LogP contribution in [-0.2, 0) is 43.0 Å². The zero-order valence-corrected chi connectivity index (χ0v) is 28.7. The van der Waals surface area contributed by atoms with Crippen LogP contribution in [0.2, 0.25) is 0 Å². The zero-order chi connectivity index (χ0) is 32.5. The van der Waals surface area contributed by atoms with Crippen molar-refractivity contribution in [3.8, 4) is 0 Å². The highest BCUT2D eigenvalue weighted by molar-refractivity contribution is 9.10. The summed E-state index contributed by atoms with van der Waals surface area (Å²) in [6.07, 6.45) is -0.241. The molecule has 240 valence electrons. The van der Waals surface area contributed by atoms with E-state index in [1.165, 1.54) is 24.1 Å². The minimum absolute atomic E-state index is 0.0197. The van der Waals surface area contributed by atoms with E-state index >= 15 is 0 Å². The van der Waals surface area contributed by atoms with Gasteiger partial charge in [0.1, 0.15) is 5.60 Å². The molecule has 1 aromatic carbocycles. The number of halogens is 1. The molecule has 0 spiro atoms. The summed E-state index contributed by atoms with van der Waals surface area (Å²) in [5.41, 5.74) is -2.41. The quantitative estimate of drug-likeness (QED) is 0.231. The summed E-state index contributed by atoms with van der Waals surface area (Å²) in [6.45, 7) is 12.4. The number of rotatable bonds is 11. The van der Waals surface area contributed by atoms with Gasteiger partial charge in [0.15, 0.2) is 5.78 Å². The first-order chi connectivity index (χ1) is 19.7. The van der Waals surface area contributed by atoms with Crippen molar-refractivity contribution in [2.45, 2.75) is 103 Å². The maximum absolute atomic E-state index is 14.2. The molecule has 1 aliphatic carbocycles. The van der Waals surface area contributed by atoms with Crippen molar-refractivity contribution in [3.63, 3.8) is 0 Å². The first kappa shape index (κ1) is 35.2. The normalized spacial score (nSPS) is 24.8. The van der Waals surface area contributed by atoms with Gasteiger partial charge in [-0.05, 0) is 62.8 Å². The third-order valence-electron chi connectivity index (χ3n) is 8.22. The van der Waals surface area contributed by atoms with Crippen molar-refractivity contribution < 1.29 is 41.3 Å². The fourth-order valence-electron chi connectivity index (χ4n) is 5.85. The molecular weight excluding hydrogens is 642 g/mol. The van der Waals surface area contributed by atoms with Crippen molar-refractivity contribution in [1.82, 2.24) is 4.90 Å². The Morgan fingerprint density at radius 3 is 2.16 bits per heavy atom. The van der Waals surface area contributed by atoms with E-state index in [0.717, 1.165) is 0 Å². The summed E-state index contributed by atoms with van der Waals surface area (Å²) in [5.74, 6) is -2.74. The maximum atomic E-state index is 14.2. The number of likely N-dealkylation sites (tertiary alicyclic amines) is 1. The third-order valence-corrected chi connectivity index (χ3v) is 10.1. The minimum atomic E-state index is -4.22. The number of Topliss-reactive ketones (excluding diaryl/α,β-unsaturated/α-hetero) is 1. The molecule has 0 aromatic heterocycles. The van der Waals surface area contributed by atoms with Gasteiger partial charge in [-0.15, -0.1) is 0 Å². The molecule has 10 nitrogen and oxygen atoms in total. The number of hydrogen-bond acceptors (Lipinski definition) is 9. The Labute approximate surface area is 263 Å². The minimum Gasteiger partial charge on any atom is -0.469 e. The molecule has 43 heavy (non-hydrogen) atoms. The topological polar surface area (TPSA) is 133 Å². The predicted octanol–water partition coefficient (Wildman–Crippen LogP) is 5.07. The van der Waals surface area contributed by atoms with Crippen LogP contribution in [0, 0.1) is 22.7 Å². The summed E-state index contributed by atoms with van der Waals surface area (Å²) >= 11 is 3.28. The van der Waals surface area contributed by atoms with Crippen LogP contribution < -0.4 is 0 Å². The molecule has 2 fully saturated rings. The Hall–Kier alpha value is -2.31. The molecule has 0 N–H and O–H groups in total. The lowest BCUT2D eigenvalue weighted by Crippen LogP contribution is -2.48. The lowest BCUT2D eigenvalue weighted by molar-refractivity contribution is -0.161. The number of carbonyl (C=O) groups is 4. The number of nitrogens with zero attached hydrogens (tertiary/aromatic N) is 1. The number of ketones is 1. The molecule has 0 radical (unpaired) electrons. The Kier molecular flexibility index (Phi) is 10.6. The Bertz CT molecular complexity index is 1330. The van der Waals surface area contributed by atoms with Gasteiger partial charge in [0.2, 0.25) is 5.91 Å². The lowest BCUT2D eigenvalue weighted by Gasteiger charge is -2.35. The second kappa shape index (κ2) is 13.0. The van der Waals surface area contributed by atoms with Gasteiger partial charge in [-0.25, -0.2) is 0 Å². The van der Waals surface area contributed by atoms with E-state index in [4.69, 9.17) is 13.7 Å². The van der Waals surface area contributed by atoms with Gasteiger partial charge in [0, 0.05) is 23.9 Å². The second-order valence-corrected chi connectivity index (χ2v) is 16.2. The number of hydrogen-bond donors (Lipinski definition) is 0. The van der Waals surface area contributed by atoms with Crippen LogP contribution in [0.5, 0.6) is 0 Å². The molecular formula is C31H44BrNO9S. The Balaban J connectivity index is 1.93. The van der Waals surface area contributed by atoms with Gasteiger partial charge in [-0.2, -0.15) is 8.42 Å². The smallest absolute Gasteiger partial charge is 0.312 e. The molecule has 1 aliphatic heterocycles. The molecule has 1 aromatic rings. The molecule has 1 amide bonds. The number of esters is 2. The van der Waals surface area contributed by atoms with Gasteiger partial charge in [0.25, 0.3) is 10.1 Å². The number of ether oxygens (including phenoxy) is 2. The summed E-state index contributed by atoms with van der Waals surface area (Å²) in [5, 5.41) is 0. The average Bonchev–Trinajstić information content (AvgIpc) is 3.44. The van der Waals surface area contributed by atoms with Crippen LogP contribution in [0.3, 0.4) is 0 Å². The standard InChI is InChI=1S/C31H44BrNO9S/c1-9-19-16-31(19,28(37)40-8)17-25(34)24-14-21(42-43(38,39)22-12-10-20(32)11-13-22)18-33(24)27(36)23(29(2,3)4)15-26(35)41-30(5,6)7/h10-13,19,21,23-24H,9,14-18H2,1-8H3/t19-,21-,23+,24-,31+/m0/s1. The molecule has 1 saturated carbocycles. The highest BCUT2D eigenvalue weighted by Crippen LogP contribution is 2.58. The Morgan fingerprint density at radius 1 is 1.07 bits per heavy atom. The molecule has 5 atom stereocenters. The summed E-state index contributed by atoms with van der Waals surface area (Å²) in [4.78, 5) is 54.9. The highest BCUT2D eigenvalue weighted by atomic mass is 79.9. The van der Waals surface area contributed by atoms with E-state index in [-0.39, 0.29) is 42.4 Å². The van der Waals surface area contributed by atoms with Gasteiger partial charge in [-0.3, -0.25) is 23.4 Å². The van der Waals surface area contributed by atoms with Gasteiger partial charge in [0.05, 0.1) is 41.9 Å². The van der Waals surface area contributed by atoms with Crippen LogP contribution in [0.15, 0.2) is 33.6 Å². The summed E-state index contributed by atoms with van der Waals surface area (Å²) in [6, 6.07) is 4.90. The van der Waals surface area contributed by atoms with Crippen molar-refractivity contribution in [3.05, 3.63) is 28.7 Å². The fourth-order valence-corrected chi connectivity index (χ4v) is 7.19. The van der Waals surface area contributed by atoms with Crippen LogP contribution in [0.4, 0.5) is 0 Å². The predicted molar refractivity (Wildman–Crippen MR) is 162 cm³/mol. The average molecular weight is 687 g/mol. The number of carbonyl (C=O) groups excluding carboxylic acids is 4. The molecule has 3 rings (SSSR count). The molecule has 1 saturated heterocycles. The van der Waals surface area contributed by atoms with Gasteiger partial charge >= 0.3 is 11.9 Å². The summed E-state index contributed by atoms with van der Waals surface area (Å²) in [7, 11) is -2.93. The fraction of sp³-hybridized carbons (Fsp3) is 0.677. The highest BCUT2D eigenvalue weighted by Gasteiger charge is 2.61. The van der Waals surface area contributed by atoms with E-state index in [2.05, 4.69) is 15.9 Å². The van der Waals surface area contributed by atoms with Crippen LogP contribution in [0.25, 0.3) is 0 Å². The van der Waals surface area contributed by atoms with Crippen molar-refractivity contribution >= 4 is 49.7 Å². The first-order valence-electron chi connectivity index (χ1n) is 14.6. The SMILES string of the molecule is CC[C@H]1C[C@]1(CC(=O)[C@@H]1C[C@H](OS(=O)(=O)c2ccc(Br)cc2)CN1C(=O)[C@@H](CC(=O)OC(C)(C)C)C(C)(C)C)C(=O)OC. The summed E-state index contributed by atoms with van der Waals surface area (Å²) < 4.78 is 43.0. The van der Waals surface area contributed by atoms with E-state index < -0.39 is 62.5 Å². The van der Waals surface area contributed by atoms with Crippen molar-refractivity contribution in [2.75, 3.05) is 13.7 Å². The Morgan fingerprint density at radius 2 is 1.67 bits per heavy atom. The zero-order valence-electron chi connectivity index (χ0n) is 26.3. The first-order valence-corrected chi connectivity index (χ1v) is 16.8. The number of benzene rings is 1. The monoisotopic (exact) mass is 685 g/mol. The van der Waals surface area contributed by atoms with Gasteiger partial charge in [-0.1, -0.05) is 50.0 Å². The molecule has 2 aliphatic rings.